The van der Waals surface area contributed by atoms with Crippen molar-refractivity contribution >= 4 is 50.3 Å². The normalized spacial score (nSPS) is 12.3. The molecule has 0 radical (unpaired) electrons. The van der Waals surface area contributed by atoms with Crippen molar-refractivity contribution in [3.63, 3.8) is 0 Å². The fourth-order valence-electron chi connectivity index (χ4n) is 2.56. The van der Waals surface area contributed by atoms with Crippen LogP contribution in [0.3, 0.4) is 0 Å². The van der Waals surface area contributed by atoms with Crippen molar-refractivity contribution in [2.45, 2.75) is 10.1 Å². The van der Waals surface area contributed by atoms with Gasteiger partial charge in [-0.05, 0) is 60.0 Å². The molecule has 1 aromatic heterocycles. The lowest BCUT2D eigenvalue weighted by molar-refractivity contribution is -0.123. The van der Waals surface area contributed by atoms with Crippen LogP contribution in [-0.2, 0) is 14.6 Å². The number of halogens is 2. The van der Waals surface area contributed by atoms with Gasteiger partial charge in [0.15, 0.2) is 16.4 Å². The second-order valence-corrected chi connectivity index (χ2v) is 10.0. The number of ether oxygens (including phenoxy) is 1. The van der Waals surface area contributed by atoms with Gasteiger partial charge in [-0.15, -0.1) is 11.3 Å². The molecule has 0 aliphatic rings. The summed E-state index contributed by atoms with van der Waals surface area (Å²) in [6, 6.07) is 16.1. The Morgan fingerprint density at radius 1 is 1.00 bits per heavy atom. The number of benzene rings is 2. The molecular formula is C20H17Cl2NO4S2. The summed E-state index contributed by atoms with van der Waals surface area (Å²) in [5.74, 6) is 0.0703. The van der Waals surface area contributed by atoms with E-state index in [0.717, 1.165) is 0 Å². The molecule has 3 rings (SSSR count). The van der Waals surface area contributed by atoms with E-state index in [-0.39, 0.29) is 18.0 Å². The summed E-state index contributed by atoms with van der Waals surface area (Å²) in [7, 11) is -3.73. The minimum absolute atomic E-state index is 0.0751. The van der Waals surface area contributed by atoms with E-state index in [2.05, 4.69) is 5.32 Å². The standard InChI is InChI=1S/C20H17Cl2NO4S2/c21-14-3-7-16(8-4-14)27-13-20(24)23-12-19(18-2-1-11-28-18)29(25,26)17-9-5-15(22)6-10-17/h1-11,19H,12-13H2,(H,23,24)/t19-/m1/s1. The molecule has 2 aromatic carbocycles. The molecule has 1 heterocycles. The minimum atomic E-state index is -3.73. The zero-order chi connectivity index (χ0) is 20.9. The van der Waals surface area contributed by atoms with Gasteiger partial charge in [0.2, 0.25) is 0 Å². The van der Waals surface area contributed by atoms with Crippen molar-refractivity contribution in [3.8, 4) is 5.75 Å². The van der Waals surface area contributed by atoms with Crippen LogP contribution in [0.1, 0.15) is 10.1 Å². The first-order chi connectivity index (χ1) is 13.9. The SMILES string of the molecule is O=C(COc1ccc(Cl)cc1)NC[C@H](c1cccs1)S(=O)(=O)c1ccc(Cl)cc1. The third-order valence-corrected chi connectivity index (χ3v) is 7.78. The van der Waals surface area contributed by atoms with E-state index in [9.17, 15) is 13.2 Å². The molecule has 1 N–H and O–H groups in total. The second-order valence-electron chi connectivity index (χ2n) is 6.05. The molecule has 0 saturated heterocycles. The van der Waals surface area contributed by atoms with Gasteiger partial charge in [0.1, 0.15) is 11.0 Å². The predicted octanol–water partition coefficient (Wildman–Crippen LogP) is 4.77. The molecule has 5 nitrogen and oxygen atoms in total. The summed E-state index contributed by atoms with van der Waals surface area (Å²) in [6.07, 6.45) is 0. The van der Waals surface area contributed by atoms with Gasteiger partial charge in [-0.25, -0.2) is 8.42 Å². The van der Waals surface area contributed by atoms with E-state index < -0.39 is 21.0 Å². The molecule has 1 atom stereocenters. The van der Waals surface area contributed by atoms with Gasteiger partial charge in [-0.1, -0.05) is 29.3 Å². The number of hydrogen-bond donors (Lipinski definition) is 1. The van der Waals surface area contributed by atoms with Crippen LogP contribution >= 0.6 is 34.5 Å². The fourth-order valence-corrected chi connectivity index (χ4v) is 5.60. The third kappa shape index (κ3) is 5.73. The number of nitrogens with one attached hydrogen (secondary N) is 1. The van der Waals surface area contributed by atoms with Crippen LogP contribution in [0.5, 0.6) is 5.75 Å². The number of carbonyl (C=O) groups excluding carboxylic acids is 1. The highest BCUT2D eigenvalue weighted by Gasteiger charge is 2.30. The Labute approximate surface area is 183 Å². The van der Waals surface area contributed by atoms with Gasteiger partial charge in [0.25, 0.3) is 5.91 Å². The van der Waals surface area contributed by atoms with E-state index in [1.54, 1.807) is 41.8 Å². The number of amides is 1. The number of hydrogen-bond acceptors (Lipinski definition) is 5. The summed E-state index contributed by atoms with van der Waals surface area (Å²) < 4.78 is 31.7. The molecule has 0 saturated carbocycles. The maximum atomic E-state index is 13.1. The first kappa shape index (κ1) is 21.6. The van der Waals surface area contributed by atoms with Crippen LogP contribution in [0, 0.1) is 0 Å². The average molecular weight is 470 g/mol. The molecule has 1 amide bonds. The van der Waals surface area contributed by atoms with Gasteiger partial charge in [-0.2, -0.15) is 0 Å². The topological polar surface area (TPSA) is 72.5 Å². The molecule has 9 heteroatoms. The van der Waals surface area contributed by atoms with Gasteiger partial charge in [0.05, 0.1) is 4.90 Å². The Bertz CT molecular complexity index is 1050. The van der Waals surface area contributed by atoms with E-state index in [1.165, 1.54) is 35.6 Å². The smallest absolute Gasteiger partial charge is 0.257 e. The van der Waals surface area contributed by atoms with Crippen molar-refractivity contribution in [1.82, 2.24) is 5.32 Å². The van der Waals surface area contributed by atoms with Crippen molar-refractivity contribution in [2.24, 2.45) is 0 Å². The van der Waals surface area contributed by atoms with Crippen LogP contribution in [0.4, 0.5) is 0 Å². The van der Waals surface area contributed by atoms with Gasteiger partial charge >= 0.3 is 0 Å². The Kier molecular flexibility index (Phi) is 7.18. The van der Waals surface area contributed by atoms with E-state index in [1.807, 2.05) is 0 Å². The van der Waals surface area contributed by atoms with E-state index in [0.29, 0.717) is 20.7 Å². The number of carbonyl (C=O) groups is 1. The van der Waals surface area contributed by atoms with Crippen molar-refractivity contribution in [2.75, 3.05) is 13.2 Å². The van der Waals surface area contributed by atoms with Crippen molar-refractivity contribution in [3.05, 3.63) is 81.0 Å². The van der Waals surface area contributed by atoms with Gasteiger partial charge in [0, 0.05) is 21.5 Å². The predicted molar refractivity (Wildman–Crippen MR) is 116 cm³/mol. The third-order valence-electron chi connectivity index (χ3n) is 4.05. The average Bonchev–Trinajstić information content (AvgIpc) is 3.22. The second kappa shape index (κ2) is 9.63. The zero-order valence-corrected chi connectivity index (χ0v) is 18.2. The Hall–Kier alpha value is -2.06. The molecular weight excluding hydrogens is 453 g/mol. The highest BCUT2D eigenvalue weighted by Crippen LogP contribution is 2.31. The lowest BCUT2D eigenvalue weighted by Crippen LogP contribution is -2.34. The maximum Gasteiger partial charge on any atom is 0.257 e. The summed E-state index contributed by atoms with van der Waals surface area (Å²) in [6.45, 7) is -0.311. The first-order valence-electron chi connectivity index (χ1n) is 8.54. The lowest BCUT2D eigenvalue weighted by atomic mass is 10.3. The Morgan fingerprint density at radius 2 is 1.62 bits per heavy atom. The summed E-state index contributed by atoms with van der Waals surface area (Å²) in [4.78, 5) is 13.0. The number of thiophene rings is 1. The largest absolute Gasteiger partial charge is 0.484 e. The van der Waals surface area contributed by atoms with Gasteiger partial charge < -0.3 is 10.1 Å². The zero-order valence-electron chi connectivity index (χ0n) is 15.0. The maximum absolute atomic E-state index is 13.1. The van der Waals surface area contributed by atoms with E-state index in [4.69, 9.17) is 27.9 Å². The monoisotopic (exact) mass is 469 g/mol. The Morgan fingerprint density at radius 3 is 2.21 bits per heavy atom. The fraction of sp³-hybridized carbons (Fsp3) is 0.150. The number of rotatable bonds is 8. The summed E-state index contributed by atoms with van der Waals surface area (Å²) in [5.41, 5.74) is 0. The quantitative estimate of drug-likeness (QED) is 0.515. The van der Waals surface area contributed by atoms with Crippen LogP contribution in [0.15, 0.2) is 70.9 Å². The number of sulfone groups is 1. The first-order valence-corrected chi connectivity index (χ1v) is 11.7. The molecule has 0 unspecified atom stereocenters. The molecule has 0 aliphatic heterocycles. The highest BCUT2D eigenvalue weighted by atomic mass is 35.5. The molecule has 152 valence electrons. The summed E-state index contributed by atoms with van der Waals surface area (Å²) in [5, 5.41) is 4.55. The van der Waals surface area contributed by atoms with E-state index >= 15 is 0 Å². The minimum Gasteiger partial charge on any atom is -0.484 e. The van der Waals surface area contributed by atoms with Crippen molar-refractivity contribution < 1.29 is 17.9 Å². The van der Waals surface area contributed by atoms with Gasteiger partial charge in [-0.3, -0.25) is 4.79 Å². The van der Waals surface area contributed by atoms with Crippen LogP contribution in [-0.4, -0.2) is 27.5 Å². The van der Waals surface area contributed by atoms with Crippen molar-refractivity contribution in [1.29, 1.82) is 0 Å². The molecule has 0 aliphatic carbocycles. The molecule has 0 spiro atoms. The molecule has 29 heavy (non-hydrogen) atoms. The molecule has 3 aromatic rings. The highest BCUT2D eigenvalue weighted by molar-refractivity contribution is 7.91. The van der Waals surface area contributed by atoms with Crippen LogP contribution < -0.4 is 10.1 Å². The summed E-state index contributed by atoms with van der Waals surface area (Å²) >= 11 is 13.0. The molecule has 0 fully saturated rings. The lowest BCUT2D eigenvalue weighted by Gasteiger charge is -2.17. The van der Waals surface area contributed by atoms with Crippen LogP contribution in [0.25, 0.3) is 0 Å². The van der Waals surface area contributed by atoms with Crippen LogP contribution in [0.2, 0.25) is 10.0 Å². The molecule has 0 bridgehead atoms. The Balaban J connectivity index is 1.69.